The van der Waals surface area contributed by atoms with Crippen molar-refractivity contribution < 1.29 is 4.79 Å². The van der Waals surface area contributed by atoms with Gasteiger partial charge >= 0.3 is 0 Å². The van der Waals surface area contributed by atoms with Gasteiger partial charge in [-0.15, -0.1) is 12.4 Å². The molecule has 2 N–H and O–H groups in total. The number of hydrogen-bond acceptors (Lipinski definition) is 2. The number of rotatable bonds is 0. The summed E-state index contributed by atoms with van der Waals surface area (Å²) in [5.41, 5.74) is 0. The summed E-state index contributed by atoms with van der Waals surface area (Å²) in [5.74, 6) is 0.152. The highest BCUT2D eigenvalue weighted by Crippen LogP contribution is 1.79. The molecule has 1 heterocycles. The Hall–Kier alpha value is -0.280. The fraction of sp³-hybridized carbons (Fsp3) is 0.750. The van der Waals surface area contributed by atoms with E-state index in [9.17, 15) is 4.79 Å². The molecule has 4 heteroatoms. The zero-order valence-electron chi connectivity index (χ0n) is 4.44. The Kier molecular flexibility index (Phi) is 3.56. The number of carbonyl (C=O) groups is 1. The van der Waals surface area contributed by atoms with Crippen molar-refractivity contribution in [2.45, 2.75) is 6.42 Å². The maximum absolute atomic E-state index is 10.3. The molecule has 0 atom stereocenters. The second kappa shape index (κ2) is 3.69. The van der Waals surface area contributed by atoms with Crippen molar-refractivity contribution in [3.63, 3.8) is 0 Å². The van der Waals surface area contributed by atoms with Crippen LogP contribution in [0, 0.1) is 0 Å². The summed E-state index contributed by atoms with van der Waals surface area (Å²) in [6, 6.07) is 0. The lowest BCUT2D eigenvalue weighted by Crippen LogP contribution is -2.41. The lowest BCUT2D eigenvalue weighted by Gasteiger charge is -2.11. The lowest BCUT2D eigenvalue weighted by atomic mass is 10.4. The van der Waals surface area contributed by atoms with Crippen LogP contribution in [0.3, 0.4) is 0 Å². The average molecular weight is 137 g/mol. The molecule has 1 rings (SSSR count). The highest BCUT2D eigenvalue weighted by molar-refractivity contribution is 5.85. The maximum atomic E-state index is 10.3. The average Bonchev–Trinajstić information content (AvgIpc) is 1.69. The fourth-order valence-corrected chi connectivity index (χ4v) is 0.540. The molecule has 0 aromatic heterocycles. The summed E-state index contributed by atoms with van der Waals surface area (Å²) in [6.07, 6.45) is 0.625. The monoisotopic (exact) mass is 136 g/mol. The summed E-state index contributed by atoms with van der Waals surface area (Å²) < 4.78 is 0. The van der Waals surface area contributed by atoms with E-state index in [0.717, 1.165) is 6.54 Å². The highest BCUT2D eigenvalue weighted by Gasteiger charge is 2.02. The molecular weight excluding hydrogens is 128 g/mol. The van der Waals surface area contributed by atoms with Gasteiger partial charge in [-0.05, 0) is 0 Å². The van der Waals surface area contributed by atoms with Gasteiger partial charge < -0.3 is 5.32 Å². The molecule has 0 aliphatic carbocycles. The quantitative estimate of drug-likeness (QED) is 0.471. The Balaban J connectivity index is 0.000000490. The molecule has 0 aromatic rings. The van der Waals surface area contributed by atoms with Crippen LogP contribution in [0.25, 0.3) is 0 Å². The van der Waals surface area contributed by atoms with Crippen LogP contribution in [0.4, 0.5) is 0 Å². The molecule has 0 bridgehead atoms. The summed E-state index contributed by atoms with van der Waals surface area (Å²) >= 11 is 0. The summed E-state index contributed by atoms with van der Waals surface area (Å²) in [5, 5.41) is 5.62. The van der Waals surface area contributed by atoms with Crippen LogP contribution in [-0.4, -0.2) is 19.1 Å². The predicted molar refractivity (Wildman–Crippen MR) is 32.9 cm³/mol. The van der Waals surface area contributed by atoms with E-state index < -0.39 is 0 Å². The molecule has 1 fully saturated rings. The van der Waals surface area contributed by atoms with Crippen LogP contribution in [0.15, 0.2) is 0 Å². The molecule has 0 spiro atoms. The third kappa shape index (κ3) is 2.14. The Bertz CT molecular complexity index is 78.1. The maximum Gasteiger partial charge on any atom is 0.222 e. The zero-order valence-corrected chi connectivity index (χ0v) is 5.25. The fourth-order valence-electron chi connectivity index (χ4n) is 0.540. The van der Waals surface area contributed by atoms with Crippen LogP contribution < -0.4 is 10.6 Å². The second-order valence-electron chi connectivity index (χ2n) is 1.53. The van der Waals surface area contributed by atoms with Gasteiger partial charge in [-0.25, -0.2) is 0 Å². The molecule has 3 nitrogen and oxygen atoms in total. The molecule has 48 valence electrons. The van der Waals surface area contributed by atoms with Crippen molar-refractivity contribution in [1.82, 2.24) is 10.6 Å². The van der Waals surface area contributed by atoms with Gasteiger partial charge in [-0.1, -0.05) is 0 Å². The van der Waals surface area contributed by atoms with Gasteiger partial charge in [0.15, 0.2) is 0 Å². The minimum absolute atomic E-state index is 0. The standard InChI is InChI=1S/C4H8N2O.ClH/c7-4-1-2-5-3-6-4;/h5H,1-3H2,(H,6,7);1H. The van der Waals surface area contributed by atoms with Gasteiger partial charge in [0, 0.05) is 13.0 Å². The van der Waals surface area contributed by atoms with Gasteiger partial charge in [0.25, 0.3) is 0 Å². The number of hydrogen-bond donors (Lipinski definition) is 2. The third-order valence-electron chi connectivity index (χ3n) is 0.939. The number of carbonyl (C=O) groups excluding carboxylic acids is 1. The first-order valence-electron chi connectivity index (χ1n) is 2.37. The van der Waals surface area contributed by atoms with Crippen LogP contribution >= 0.6 is 12.4 Å². The van der Waals surface area contributed by atoms with Crippen molar-refractivity contribution >= 4 is 18.3 Å². The lowest BCUT2D eigenvalue weighted by molar-refractivity contribution is -0.122. The smallest absolute Gasteiger partial charge is 0.222 e. The van der Waals surface area contributed by atoms with E-state index >= 15 is 0 Å². The normalized spacial score (nSPS) is 18.8. The molecule has 0 radical (unpaired) electrons. The highest BCUT2D eigenvalue weighted by atomic mass is 35.5. The largest absolute Gasteiger partial charge is 0.344 e. The predicted octanol–water partition coefficient (Wildman–Crippen LogP) is -0.525. The topological polar surface area (TPSA) is 41.1 Å². The first kappa shape index (κ1) is 7.72. The van der Waals surface area contributed by atoms with Gasteiger partial charge in [0.05, 0.1) is 6.67 Å². The van der Waals surface area contributed by atoms with E-state index in [1.807, 2.05) is 0 Å². The Morgan fingerprint density at radius 3 is 2.50 bits per heavy atom. The Morgan fingerprint density at radius 2 is 2.25 bits per heavy atom. The van der Waals surface area contributed by atoms with Crippen LogP contribution in [-0.2, 0) is 4.79 Å². The van der Waals surface area contributed by atoms with E-state index in [0.29, 0.717) is 13.1 Å². The third-order valence-corrected chi connectivity index (χ3v) is 0.939. The SMILES string of the molecule is Cl.O=C1CCNCN1. The Labute approximate surface area is 54.2 Å². The molecule has 8 heavy (non-hydrogen) atoms. The van der Waals surface area contributed by atoms with Crippen molar-refractivity contribution in [2.24, 2.45) is 0 Å². The molecule has 1 aliphatic rings. The van der Waals surface area contributed by atoms with E-state index in [1.54, 1.807) is 0 Å². The molecule has 0 aromatic carbocycles. The zero-order chi connectivity index (χ0) is 5.11. The van der Waals surface area contributed by atoms with Gasteiger partial charge in [0.2, 0.25) is 5.91 Å². The van der Waals surface area contributed by atoms with Crippen molar-refractivity contribution in [3.05, 3.63) is 0 Å². The molecule has 1 aliphatic heterocycles. The van der Waals surface area contributed by atoms with Crippen molar-refractivity contribution in [3.8, 4) is 0 Å². The van der Waals surface area contributed by atoms with E-state index in [4.69, 9.17) is 0 Å². The summed E-state index contributed by atoms with van der Waals surface area (Å²) in [4.78, 5) is 10.3. The number of nitrogens with one attached hydrogen (secondary N) is 2. The van der Waals surface area contributed by atoms with Crippen LogP contribution in [0.5, 0.6) is 0 Å². The minimum Gasteiger partial charge on any atom is -0.344 e. The summed E-state index contributed by atoms with van der Waals surface area (Å²) in [7, 11) is 0. The van der Waals surface area contributed by atoms with Crippen molar-refractivity contribution in [2.75, 3.05) is 13.2 Å². The first-order valence-corrected chi connectivity index (χ1v) is 2.37. The number of amides is 1. The van der Waals surface area contributed by atoms with Gasteiger partial charge in [0.1, 0.15) is 0 Å². The van der Waals surface area contributed by atoms with Crippen LogP contribution in [0.1, 0.15) is 6.42 Å². The Morgan fingerprint density at radius 1 is 1.50 bits per heavy atom. The van der Waals surface area contributed by atoms with E-state index in [2.05, 4.69) is 10.6 Å². The molecule has 1 saturated heterocycles. The minimum atomic E-state index is 0. The molecule has 1 amide bonds. The first-order chi connectivity index (χ1) is 3.39. The molecule has 0 saturated carbocycles. The second-order valence-corrected chi connectivity index (χ2v) is 1.53. The van der Waals surface area contributed by atoms with Gasteiger partial charge in [-0.3, -0.25) is 10.1 Å². The van der Waals surface area contributed by atoms with E-state index in [1.165, 1.54) is 0 Å². The van der Waals surface area contributed by atoms with Crippen LogP contribution in [0.2, 0.25) is 0 Å². The van der Waals surface area contributed by atoms with Gasteiger partial charge in [-0.2, -0.15) is 0 Å². The molecular formula is C4H9ClN2O. The number of halogens is 1. The molecule has 0 unspecified atom stereocenters. The summed E-state index contributed by atoms with van der Waals surface area (Å²) in [6.45, 7) is 1.46. The van der Waals surface area contributed by atoms with Crippen molar-refractivity contribution in [1.29, 1.82) is 0 Å². The van der Waals surface area contributed by atoms with E-state index in [-0.39, 0.29) is 18.3 Å².